The third-order valence-electron chi connectivity index (χ3n) is 3.97. The van der Waals surface area contributed by atoms with Crippen molar-refractivity contribution in [2.45, 2.75) is 12.4 Å². The SMILES string of the molecule is FC1=C(c2ccc(C(F)(F)F)cc2)O[B-](F)(F)[NH+]=C1c1ccc(C(F)(F)F)cc1. The highest BCUT2D eigenvalue weighted by Crippen LogP contribution is 2.33. The second-order valence-corrected chi connectivity index (χ2v) is 6.03. The molecule has 0 spiro atoms. The molecular weight excluding hydrogens is 416 g/mol. The van der Waals surface area contributed by atoms with Crippen LogP contribution in [-0.4, -0.2) is 12.7 Å². The van der Waals surface area contributed by atoms with Gasteiger partial charge in [0.15, 0.2) is 0 Å². The zero-order valence-electron chi connectivity index (χ0n) is 14.0. The van der Waals surface area contributed by atoms with Gasteiger partial charge in [-0.15, -0.1) is 0 Å². The molecule has 2 aromatic rings. The van der Waals surface area contributed by atoms with Gasteiger partial charge < -0.3 is 18.2 Å². The molecule has 0 radical (unpaired) electrons. The lowest BCUT2D eigenvalue weighted by Crippen LogP contribution is -2.90. The van der Waals surface area contributed by atoms with Crippen molar-refractivity contribution in [3.8, 4) is 0 Å². The standard InChI is InChI=1S/C17H9BF9NO/c19-13-14(9-1-5-11(6-2-9)16(20,21)22)28-18(26,27)29-15(13)10-3-7-12(8-4-10)17(23,24)25/h1-8,28H. The normalized spacial score (nSPS) is 17.1. The van der Waals surface area contributed by atoms with Gasteiger partial charge in [-0.2, -0.15) is 30.7 Å². The third kappa shape index (κ3) is 4.41. The average Bonchev–Trinajstić information content (AvgIpc) is 2.62. The molecule has 0 bridgehead atoms. The molecule has 2 aromatic carbocycles. The molecule has 0 fully saturated rings. The van der Waals surface area contributed by atoms with Crippen molar-refractivity contribution in [3.63, 3.8) is 0 Å². The van der Waals surface area contributed by atoms with Crippen LogP contribution in [0.1, 0.15) is 22.3 Å². The zero-order chi connectivity index (χ0) is 21.6. The van der Waals surface area contributed by atoms with Gasteiger partial charge in [-0.3, -0.25) is 0 Å². The lowest BCUT2D eigenvalue weighted by atomic mass is 9.96. The maximum Gasteiger partial charge on any atom is 0.827 e. The van der Waals surface area contributed by atoms with Crippen molar-refractivity contribution >= 4 is 18.5 Å². The van der Waals surface area contributed by atoms with Gasteiger partial charge in [0.05, 0.1) is 11.1 Å². The predicted molar refractivity (Wildman–Crippen MR) is 85.0 cm³/mol. The molecule has 0 aromatic heterocycles. The zero-order valence-corrected chi connectivity index (χ0v) is 14.0. The minimum absolute atomic E-state index is 0.329. The van der Waals surface area contributed by atoms with Crippen LogP contribution in [-0.2, 0) is 17.0 Å². The average molecular weight is 425 g/mol. The number of nitrogens with one attached hydrogen (secondary N) is 1. The fourth-order valence-electron chi connectivity index (χ4n) is 2.62. The third-order valence-corrected chi connectivity index (χ3v) is 3.97. The summed E-state index contributed by atoms with van der Waals surface area (Å²) in [5.74, 6) is -2.42. The van der Waals surface area contributed by atoms with Crippen molar-refractivity contribution in [2.24, 2.45) is 0 Å². The summed E-state index contributed by atoms with van der Waals surface area (Å²) in [7, 11) is -4.88. The van der Waals surface area contributed by atoms with Crippen LogP contribution in [0.2, 0.25) is 0 Å². The number of allylic oxidation sites excluding steroid dienone is 1. The fraction of sp³-hybridized carbons (Fsp3) is 0.118. The summed E-state index contributed by atoms with van der Waals surface area (Å²) in [5.41, 5.74) is -3.73. The minimum atomic E-state index is -4.88. The van der Waals surface area contributed by atoms with Crippen LogP contribution in [0.4, 0.5) is 39.4 Å². The molecule has 1 heterocycles. The molecule has 0 saturated heterocycles. The van der Waals surface area contributed by atoms with Crippen LogP contribution in [0.5, 0.6) is 0 Å². The number of alkyl halides is 6. The Balaban J connectivity index is 2.04. The Labute approximate surface area is 157 Å². The highest BCUT2D eigenvalue weighted by molar-refractivity contribution is 6.52. The number of halogens is 9. The molecule has 154 valence electrons. The van der Waals surface area contributed by atoms with Crippen LogP contribution < -0.4 is 4.90 Å². The van der Waals surface area contributed by atoms with Gasteiger partial charge in [0.1, 0.15) is 5.76 Å². The quantitative estimate of drug-likeness (QED) is 0.562. The molecule has 0 unspecified atom stereocenters. The van der Waals surface area contributed by atoms with E-state index in [1.807, 2.05) is 0 Å². The molecule has 1 aliphatic rings. The Kier molecular flexibility index (Phi) is 4.92. The van der Waals surface area contributed by atoms with E-state index in [4.69, 9.17) is 0 Å². The van der Waals surface area contributed by atoms with E-state index in [1.54, 1.807) is 0 Å². The van der Waals surface area contributed by atoms with Crippen LogP contribution in [0.3, 0.4) is 0 Å². The monoisotopic (exact) mass is 425 g/mol. The first kappa shape index (κ1) is 20.8. The second-order valence-electron chi connectivity index (χ2n) is 6.03. The summed E-state index contributed by atoms with van der Waals surface area (Å²) in [4.78, 5) is 1.48. The van der Waals surface area contributed by atoms with Crippen molar-refractivity contribution < 1.29 is 48.9 Å². The smallest absolute Gasteiger partial charge is 0.597 e. The Bertz CT molecular complexity index is 974. The summed E-state index contributed by atoms with van der Waals surface area (Å²) >= 11 is 0. The van der Waals surface area contributed by atoms with Gasteiger partial charge in [-0.1, -0.05) is 12.1 Å². The summed E-state index contributed by atoms with van der Waals surface area (Å²) in [6.45, 7) is 0. The Morgan fingerprint density at radius 2 is 1.10 bits per heavy atom. The Morgan fingerprint density at radius 3 is 1.52 bits per heavy atom. The lowest BCUT2D eigenvalue weighted by Gasteiger charge is -2.25. The van der Waals surface area contributed by atoms with Gasteiger partial charge in [0, 0.05) is 11.1 Å². The highest BCUT2D eigenvalue weighted by atomic mass is 19.4. The van der Waals surface area contributed by atoms with E-state index in [0.29, 0.717) is 24.3 Å². The van der Waals surface area contributed by atoms with E-state index in [1.165, 1.54) is 4.90 Å². The van der Waals surface area contributed by atoms with Crippen molar-refractivity contribution in [1.29, 1.82) is 0 Å². The van der Waals surface area contributed by atoms with Gasteiger partial charge >= 0.3 is 19.4 Å². The molecule has 0 amide bonds. The van der Waals surface area contributed by atoms with Crippen molar-refractivity contribution in [2.75, 3.05) is 0 Å². The second kappa shape index (κ2) is 6.85. The van der Waals surface area contributed by atoms with Crippen LogP contribution in [0.25, 0.3) is 5.76 Å². The van der Waals surface area contributed by atoms with Crippen molar-refractivity contribution in [1.82, 2.24) is 0 Å². The van der Waals surface area contributed by atoms with E-state index < -0.39 is 53.4 Å². The summed E-state index contributed by atoms with van der Waals surface area (Å²) < 4.78 is 123. The summed E-state index contributed by atoms with van der Waals surface area (Å²) in [6, 6.07) is 5.34. The van der Waals surface area contributed by atoms with E-state index in [9.17, 15) is 39.4 Å². The van der Waals surface area contributed by atoms with E-state index in [-0.39, 0.29) is 5.56 Å². The molecule has 2 nitrogen and oxygen atoms in total. The highest BCUT2D eigenvalue weighted by Gasteiger charge is 2.47. The minimum Gasteiger partial charge on any atom is -0.597 e. The molecule has 1 N–H and O–H groups in total. The number of hydrogen-bond acceptors (Lipinski definition) is 1. The largest absolute Gasteiger partial charge is 0.827 e. The predicted octanol–water partition coefficient (Wildman–Crippen LogP) is 4.34. The lowest BCUT2D eigenvalue weighted by molar-refractivity contribution is -0.362. The number of rotatable bonds is 2. The van der Waals surface area contributed by atoms with Crippen LogP contribution >= 0.6 is 0 Å². The number of benzene rings is 2. The first-order valence-electron chi connectivity index (χ1n) is 7.88. The Hall–Kier alpha value is -2.92. The fourth-order valence-corrected chi connectivity index (χ4v) is 2.62. The van der Waals surface area contributed by atoms with E-state index in [2.05, 4.69) is 4.65 Å². The molecule has 0 aliphatic carbocycles. The molecule has 29 heavy (non-hydrogen) atoms. The molecule has 0 atom stereocenters. The maximum absolute atomic E-state index is 14.8. The molecule has 12 heteroatoms. The van der Waals surface area contributed by atoms with Crippen LogP contribution in [0, 0.1) is 0 Å². The van der Waals surface area contributed by atoms with E-state index >= 15 is 0 Å². The summed E-state index contributed by atoms with van der Waals surface area (Å²) in [6.07, 6.45) is -9.37. The van der Waals surface area contributed by atoms with Gasteiger partial charge in [0.2, 0.25) is 11.5 Å². The molecule has 1 aliphatic heterocycles. The Morgan fingerprint density at radius 1 is 0.690 bits per heavy atom. The summed E-state index contributed by atoms with van der Waals surface area (Å²) in [5, 5.41) is 0. The van der Waals surface area contributed by atoms with E-state index in [0.717, 1.165) is 24.3 Å². The molecule has 0 saturated carbocycles. The number of hydrogen-bond donors (Lipinski definition) is 1. The van der Waals surface area contributed by atoms with Gasteiger partial charge in [0.25, 0.3) is 0 Å². The maximum atomic E-state index is 14.8. The first-order chi connectivity index (χ1) is 13.3. The first-order valence-corrected chi connectivity index (χ1v) is 7.88. The topological polar surface area (TPSA) is 23.2 Å². The van der Waals surface area contributed by atoms with Gasteiger partial charge in [-0.05, 0) is 36.4 Å². The molecule has 3 rings (SSSR count). The van der Waals surface area contributed by atoms with Gasteiger partial charge in [-0.25, -0.2) is 0 Å². The van der Waals surface area contributed by atoms with Crippen LogP contribution in [0.15, 0.2) is 54.4 Å². The van der Waals surface area contributed by atoms with Crippen molar-refractivity contribution in [3.05, 3.63) is 76.6 Å². The molecular formula is C17H9BF9NO.